The second-order valence-corrected chi connectivity index (χ2v) is 4.25. The molecule has 1 rings (SSSR count). The van der Waals surface area contributed by atoms with Crippen molar-refractivity contribution in [3.8, 4) is 5.75 Å². The van der Waals surface area contributed by atoms with Crippen LogP contribution in [0.15, 0.2) is 18.3 Å². The van der Waals surface area contributed by atoms with Crippen LogP contribution in [-0.2, 0) is 0 Å². The summed E-state index contributed by atoms with van der Waals surface area (Å²) in [6, 6.07) is 3.80. The Morgan fingerprint density at radius 3 is 2.79 bits per heavy atom. The predicted octanol–water partition coefficient (Wildman–Crippen LogP) is 3.21. The summed E-state index contributed by atoms with van der Waals surface area (Å²) in [6.07, 6.45) is 2.70. The molecule has 0 bridgehead atoms. The van der Waals surface area contributed by atoms with E-state index in [0.717, 1.165) is 17.9 Å². The van der Waals surface area contributed by atoms with Gasteiger partial charge >= 0.3 is 0 Å². The lowest BCUT2D eigenvalue weighted by Crippen LogP contribution is -2.04. The molecule has 1 aromatic rings. The largest absolute Gasteiger partial charge is 0.495 e. The zero-order valence-corrected chi connectivity index (χ0v) is 9.58. The molecule has 0 radical (unpaired) electrons. The molecular formula is C11H16ClNO. The van der Waals surface area contributed by atoms with Gasteiger partial charge in [0.25, 0.3) is 0 Å². The number of nitrogens with zero attached hydrogens (tertiary/aromatic N) is 1. The SMILES string of the molecule is COc1cccnc1C(C)CC(C)Cl. The van der Waals surface area contributed by atoms with Gasteiger partial charge in [-0.25, -0.2) is 0 Å². The number of ether oxygens (including phenoxy) is 1. The highest BCUT2D eigenvalue weighted by Crippen LogP contribution is 2.28. The number of halogens is 1. The van der Waals surface area contributed by atoms with E-state index in [2.05, 4.69) is 11.9 Å². The first-order valence-corrected chi connectivity index (χ1v) is 5.21. The van der Waals surface area contributed by atoms with Crippen LogP contribution in [0.2, 0.25) is 0 Å². The van der Waals surface area contributed by atoms with Crippen molar-refractivity contribution in [2.45, 2.75) is 31.6 Å². The van der Waals surface area contributed by atoms with Crippen molar-refractivity contribution in [2.24, 2.45) is 0 Å². The van der Waals surface area contributed by atoms with Crippen LogP contribution >= 0.6 is 11.6 Å². The molecule has 0 saturated carbocycles. The van der Waals surface area contributed by atoms with E-state index in [9.17, 15) is 0 Å². The first kappa shape index (κ1) is 11.3. The Labute approximate surface area is 90.3 Å². The number of methoxy groups -OCH3 is 1. The van der Waals surface area contributed by atoms with E-state index in [1.807, 2.05) is 19.1 Å². The third-order valence-electron chi connectivity index (χ3n) is 2.16. The fourth-order valence-corrected chi connectivity index (χ4v) is 1.81. The van der Waals surface area contributed by atoms with Crippen LogP contribution in [0, 0.1) is 0 Å². The van der Waals surface area contributed by atoms with Crippen molar-refractivity contribution in [3.05, 3.63) is 24.0 Å². The predicted molar refractivity (Wildman–Crippen MR) is 59.1 cm³/mol. The maximum Gasteiger partial charge on any atom is 0.140 e. The number of aromatic nitrogens is 1. The van der Waals surface area contributed by atoms with E-state index in [4.69, 9.17) is 16.3 Å². The smallest absolute Gasteiger partial charge is 0.140 e. The standard InChI is InChI=1S/C11H16ClNO/c1-8(7-9(2)12)11-10(14-3)5-4-6-13-11/h4-6,8-9H,7H2,1-3H3. The Hall–Kier alpha value is -0.760. The molecule has 1 heterocycles. The molecule has 2 unspecified atom stereocenters. The topological polar surface area (TPSA) is 22.1 Å². The zero-order valence-electron chi connectivity index (χ0n) is 8.83. The van der Waals surface area contributed by atoms with Gasteiger partial charge in [-0.2, -0.15) is 0 Å². The molecule has 1 aromatic heterocycles. The quantitative estimate of drug-likeness (QED) is 0.717. The lowest BCUT2D eigenvalue weighted by atomic mass is 10.0. The van der Waals surface area contributed by atoms with Crippen LogP contribution in [0.4, 0.5) is 0 Å². The van der Waals surface area contributed by atoms with Gasteiger partial charge in [0.15, 0.2) is 0 Å². The third-order valence-corrected chi connectivity index (χ3v) is 2.34. The molecule has 78 valence electrons. The summed E-state index contributed by atoms with van der Waals surface area (Å²) < 4.78 is 5.24. The molecule has 0 fully saturated rings. The van der Waals surface area contributed by atoms with Crippen LogP contribution < -0.4 is 4.74 Å². The summed E-state index contributed by atoms with van der Waals surface area (Å²) in [5.74, 6) is 1.18. The molecule has 0 amide bonds. The third kappa shape index (κ3) is 2.88. The normalized spacial score (nSPS) is 14.9. The molecular weight excluding hydrogens is 198 g/mol. The van der Waals surface area contributed by atoms with Crippen LogP contribution in [0.5, 0.6) is 5.75 Å². The summed E-state index contributed by atoms with van der Waals surface area (Å²) in [6.45, 7) is 4.11. The highest BCUT2D eigenvalue weighted by atomic mass is 35.5. The number of hydrogen-bond donors (Lipinski definition) is 0. The first-order valence-electron chi connectivity index (χ1n) is 4.78. The van der Waals surface area contributed by atoms with E-state index < -0.39 is 0 Å². The monoisotopic (exact) mass is 213 g/mol. The lowest BCUT2D eigenvalue weighted by Gasteiger charge is -2.14. The molecule has 0 spiro atoms. The van der Waals surface area contributed by atoms with Crippen LogP contribution in [0.25, 0.3) is 0 Å². The first-order chi connectivity index (χ1) is 6.65. The van der Waals surface area contributed by atoms with Gasteiger partial charge in [0.05, 0.1) is 12.8 Å². The Bertz CT molecular complexity index is 288. The van der Waals surface area contributed by atoms with Crippen LogP contribution in [0.3, 0.4) is 0 Å². The minimum atomic E-state index is 0.164. The lowest BCUT2D eigenvalue weighted by molar-refractivity contribution is 0.401. The number of rotatable bonds is 4. The van der Waals surface area contributed by atoms with E-state index in [1.165, 1.54) is 0 Å². The summed E-state index contributed by atoms with van der Waals surface area (Å²) in [5, 5.41) is 0.164. The van der Waals surface area contributed by atoms with Crippen molar-refractivity contribution in [2.75, 3.05) is 7.11 Å². The average Bonchev–Trinajstić information content (AvgIpc) is 2.16. The zero-order chi connectivity index (χ0) is 10.6. The molecule has 0 saturated heterocycles. The minimum Gasteiger partial charge on any atom is -0.495 e. The van der Waals surface area contributed by atoms with Gasteiger partial charge in [-0.3, -0.25) is 4.98 Å². The molecule has 0 aliphatic carbocycles. The van der Waals surface area contributed by atoms with Gasteiger partial charge < -0.3 is 4.74 Å². The second-order valence-electron chi connectivity index (χ2n) is 3.51. The summed E-state index contributed by atoms with van der Waals surface area (Å²) >= 11 is 5.95. The second kappa shape index (κ2) is 5.20. The molecule has 3 heteroatoms. The van der Waals surface area contributed by atoms with Crippen molar-refractivity contribution in [3.63, 3.8) is 0 Å². The van der Waals surface area contributed by atoms with Gasteiger partial charge in [0.2, 0.25) is 0 Å². The van der Waals surface area contributed by atoms with Crippen molar-refractivity contribution in [1.82, 2.24) is 4.98 Å². The number of alkyl halides is 1. The highest BCUT2D eigenvalue weighted by Gasteiger charge is 2.14. The van der Waals surface area contributed by atoms with E-state index in [1.54, 1.807) is 13.3 Å². The van der Waals surface area contributed by atoms with Crippen molar-refractivity contribution in [1.29, 1.82) is 0 Å². The van der Waals surface area contributed by atoms with Gasteiger partial charge in [-0.05, 0) is 25.5 Å². The van der Waals surface area contributed by atoms with Gasteiger partial charge in [-0.1, -0.05) is 6.92 Å². The molecule has 0 aliphatic rings. The molecule has 2 nitrogen and oxygen atoms in total. The van der Waals surface area contributed by atoms with Crippen molar-refractivity contribution >= 4 is 11.6 Å². The maximum atomic E-state index is 5.95. The Morgan fingerprint density at radius 1 is 1.50 bits per heavy atom. The molecule has 0 aliphatic heterocycles. The maximum absolute atomic E-state index is 5.95. The molecule has 0 N–H and O–H groups in total. The summed E-state index contributed by atoms with van der Waals surface area (Å²) in [4.78, 5) is 4.32. The van der Waals surface area contributed by atoms with Crippen LogP contribution in [-0.4, -0.2) is 17.5 Å². The van der Waals surface area contributed by atoms with Gasteiger partial charge in [0, 0.05) is 17.5 Å². The Balaban J connectivity index is 2.82. The fourth-order valence-electron chi connectivity index (χ4n) is 1.54. The van der Waals surface area contributed by atoms with E-state index in [-0.39, 0.29) is 5.38 Å². The van der Waals surface area contributed by atoms with Crippen molar-refractivity contribution < 1.29 is 4.74 Å². The fraction of sp³-hybridized carbons (Fsp3) is 0.545. The number of pyridine rings is 1. The molecule has 2 atom stereocenters. The highest BCUT2D eigenvalue weighted by molar-refractivity contribution is 6.20. The summed E-state index contributed by atoms with van der Waals surface area (Å²) in [5.41, 5.74) is 0.988. The number of hydrogen-bond acceptors (Lipinski definition) is 2. The molecule has 0 aromatic carbocycles. The Morgan fingerprint density at radius 2 is 2.21 bits per heavy atom. The molecule has 14 heavy (non-hydrogen) atoms. The van der Waals surface area contributed by atoms with Crippen LogP contribution in [0.1, 0.15) is 31.9 Å². The minimum absolute atomic E-state index is 0.164. The van der Waals surface area contributed by atoms with Gasteiger partial charge in [0.1, 0.15) is 5.75 Å². The summed E-state index contributed by atoms with van der Waals surface area (Å²) in [7, 11) is 1.66. The van der Waals surface area contributed by atoms with Gasteiger partial charge in [-0.15, -0.1) is 11.6 Å². The van der Waals surface area contributed by atoms with E-state index >= 15 is 0 Å². The van der Waals surface area contributed by atoms with E-state index in [0.29, 0.717) is 5.92 Å². The average molecular weight is 214 g/mol. The Kier molecular flexibility index (Phi) is 4.21.